The van der Waals surface area contributed by atoms with Gasteiger partial charge in [-0.3, -0.25) is 9.48 Å². The Hall–Kier alpha value is -5.33. The summed E-state index contributed by atoms with van der Waals surface area (Å²) in [5.74, 6) is 0.122. The average Bonchev–Trinajstić information content (AvgIpc) is 3.74. The van der Waals surface area contributed by atoms with Crippen molar-refractivity contribution in [1.82, 2.24) is 40.2 Å². The van der Waals surface area contributed by atoms with Crippen LogP contribution in [0.25, 0.3) is 23.2 Å². The molecule has 0 saturated heterocycles. The third kappa shape index (κ3) is 7.17. The van der Waals surface area contributed by atoms with Gasteiger partial charge in [0.2, 0.25) is 11.8 Å². The van der Waals surface area contributed by atoms with Crippen molar-refractivity contribution in [1.29, 1.82) is 0 Å². The molecule has 13 nitrogen and oxygen atoms in total. The number of rotatable bonds is 9. The molecule has 228 valence electrons. The van der Waals surface area contributed by atoms with E-state index < -0.39 is 17.2 Å². The number of benzene rings is 1. The minimum atomic E-state index is -1.14. The molecule has 4 aromatic heterocycles. The SMILES string of the molecule is CN(Cc1cnn(C)c1)C(=O)c1cc(-c2ncco2)nc(-c2nnc([C@@](C)(Cc3ccccc3)NC(=O)OC(C)(C)C)o2)c1. The maximum Gasteiger partial charge on any atom is 0.408 e. The highest BCUT2D eigenvalue weighted by Crippen LogP contribution is 2.30. The fraction of sp³-hybridized carbons (Fsp3) is 0.323. The minimum absolute atomic E-state index is 0.0441. The van der Waals surface area contributed by atoms with Gasteiger partial charge in [0.1, 0.15) is 28.8 Å². The van der Waals surface area contributed by atoms with Crippen LogP contribution in [0.4, 0.5) is 4.79 Å². The molecular weight excluding hydrogens is 564 g/mol. The topological polar surface area (TPSA) is 154 Å². The summed E-state index contributed by atoms with van der Waals surface area (Å²) < 4.78 is 18.8. The predicted octanol–water partition coefficient (Wildman–Crippen LogP) is 4.77. The molecule has 0 unspecified atom stereocenters. The summed E-state index contributed by atoms with van der Waals surface area (Å²) in [6.07, 6.45) is 6.16. The second-order valence-electron chi connectivity index (χ2n) is 11.7. The zero-order valence-corrected chi connectivity index (χ0v) is 25.4. The maximum atomic E-state index is 13.6. The number of alkyl carbamates (subject to hydrolysis) is 1. The number of amides is 2. The smallest absolute Gasteiger partial charge is 0.408 e. The van der Waals surface area contributed by atoms with Gasteiger partial charge in [0.05, 0.1) is 12.4 Å². The summed E-state index contributed by atoms with van der Waals surface area (Å²) in [6, 6.07) is 12.8. The highest BCUT2D eigenvalue weighted by molar-refractivity contribution is 5.95. The molecule has 0 saturated carbocycles. The maximum absolute atomic E-state index is 13.6. The van der Waals surface area contributed by atoms with Crippen molar-refractivity contribution in [2.45, 2.75) is 51.8 Å². The van der Waals surface area contributed by atoms with Crippen LogP contribution in [-0.2, 0) is 30.3 Å². The molecule has 0 radical (unpaired) electrons. The average molecular weight is 599 g/mol. The van der Waals surface area contributed by atoms with Crippen molar-refractivity contribution >= 4 is 12.0 Å². The van der Waals surface area contributed by atoms with Crippen molar-refractivity contribution in [3.63, 3.8) is 0 Å². The molecule has 5 rings (SSSR count). The number of carbonyl (C=O) groups excluding carboxylic acids is 2. The van der Waals surface area contributed by atoms with Crippen molar-refractivity contribution in [2.24, 2.45) is 7.05 Å². The Balaban J connectivity index is 1.50. The van der Waals surface area contributed by atoms with Gasteiger partial charge in [-0.2, -0.15) is 5.10 Å². The second-order valence-corrected chi connectivity index (χ2v) is 11.7. The van der Waals surface area contributed by atoms with E-state index in [0.717, 1.165) is 11.1 Å². The van der Waals surface area contributed by atoms with Gasteiger partial charge in [-0.05, 0) is 45.4 Å². The van der Waals surface area contributed by atoms with E-state index in [-0.39, 0.29) is 29.3 Å². The lowest BCUT2D eigenvalue weighted by Crippen LogP contribution is -2.47. The normalized spacial score (nSPS) is 12.9. The zero-order chi connectivity index (χ0) is 31.5. The molecule has 1 atom stereocenters. The van der Waals surface area contributed by atoms with Crippen LogP contribution in [-0.4, -0.2) is 59.5 Å². The highest BCUT2D eigenvalue weighted by atomic mass is 16.6. The number of aryl methyl sites for hydroxylation is 1. The van der Waals surface area contributed by atoms with Crippen LogP contribution in [0.2, 0.25) is 0 Å². The first-order valence-electron chi connectivity index (χ1n) is 13.9. The van der Waals surface area contributed by atoms with Crippen LogP contribution >= 0.6 is 0 Å². The highest BCUT2D eigenvalue weighted by Gasteiger charge is 2.37. The first-order chi connectivity index (χ1) is 20.9. The van der Waals surface area contributed by atoms with E-state index in [1.165, 1.54) is 12.5 Å². The molecule has 4 heterocycles. The van der Waals surface area contributed by atoms with Crippen LogP contribution in [0.5, 0.6) is 0 Å². The van der Waals surface area contributed by atoms with Crippen molar-refractivity contribution in [3.8, 4) is 23.2 Å². The third-order valence-corrected chi connectivity index (χ3v) is 6.54. The number of nitrogens with one attached hydrogen (secondary N) is 1. The van der Waals surface area contributed by atoms with E-state index in [1.54, 1.807) is 62.7 Å². The fourth-order valence-corrected chi connectivity index (χ4v) is 4.60. The predicted molar refractivity (Wildman–Crippen MR) is 159 cm³/mol. The molecule has 2 amide bonds. The Kier molecular flexibility index (Phi) is 8.30. The first-order valence-corrected chi connectivity index (χ1v) is 13.9. The molecular formula is C31H34N8O5. The second kappa shape index (κ2) is 12.1. The number of ether oxygens (including phenoxy) is 1. The standard InChI is InChI=1S/C31H34N8O5/c1-30(2,3)44-29(41)35-31(4,16-20-10-8-7-9-11-20)28-37-36-26(43-28)24-15-22(14-23(34-24)25-32-12-13-42-25)27(40)38(5)18-21-17-33-39(6)19-21/h7-15,17,19H,16,18H2,1-6H3,(H,35,41)/t31-/m1/s1. The van der Waals surface area contributed by atoms with Crippen LogP contribution in [0.3, 0.4) is 0 Å². The van der Waals surface area contributed by atoms with Gasteiger partial charge in [0, 0.05) is 44.4 Å². The largest absolute Gasteiger partial charge is 0.444 e. The zero-order valence-electron chi connectivity index (χ0n) is 25.4. The number of nitrogens with zero attached hydrogens (tertiary/aromatic N) is 7. The summed E-state index contributed by atoms with van der Waals surface area (Å²) in [7, 11) is 3.51. The van der Waals surface area contributed by atoms with Crippen molar-refractivity contribution in [3.05, 3.63) is 89.9 Å². The minimum Gasteiger partial charge on any atom is -0.444 e. The molecule has 1 aromatic carbocycles. The van der Waals surface area contributed by atoms with Gasteiger partial charge >= 0.3 is 6.09 Å². The van der Waals surface area contributed by atoms with Crippen molar-refractivity contribution in [2.75, 3.05) is 7.05 Å². The Morgan fingerprint density at radius 1 is 1.02 bits per heavy atom. The Labute approximate surface area is 254 Å². The summed E-state index contributed by atoms with van der Waals surface area (Å²) in [5, 5.41) is 15.6. The number of aromatic nitrogens is 6. The lowest BCUT2D eigenvalue weighted by atomic mass is 9.92. The number of hydrogen-bond acceptors (Lipinski definition) is 10. The number of carbonyl (C=O) groups is 2. The van der Waals surface area contributed by atoms with E-state index >= 15 is 0 Å². The van der Waals surface area contributed by atoms with Crippen LogP contribution < -0.4 is 5.32 Å². The van der Waals surface area contributed by atoms with Gasteiger partial charge in [0.25, 0.3) is 11.8 Å². The first kappa shape index (κ1) is 30.1. The lowest BCUT2D eigenvalue weighted by Gasteiger charge is -2.29. The lowest BCUT2D eigenvalue weighted by molar-refractivity contribution is 0.0443. The van der Waals surface area contributed by atoms with E-state index in [4.69, 9.17) is 13.6 Å². The van der Waals surface area contributed by atoms with E-state index in [1.807, 2.05) is 43.6 Å². The Morgan fingerprint density at radius 3 is 2.39 bits per heavy atom. The molecule has 0 aliphatic heterocycles. The number of pyridine rings is 1. The van der Waals surface area contributed by atoms with Crippen LogP contribution in [0.15, 0.2) is 76.2 Å². The summed E-state index contributed by atoms with van der Waals surface area (Å²) in [6.45, 7) is 7.47. The summed E-state index contributed by atoms with van der Waals surface area (Å²) >= 11 is 0. The monoisotopic (exact) mass is 598 g/mol. The van der Waals surface area contributed by atoms with Crippen molar-refractivity contribution < 1.29 is 23.2 Å². The van der Waals surface area contributed by atoms with Gasteiger partial charge in [-0.25, -0.2) is 14.8 Å². The molecule has 1 N–H and O–H groups in total. The quantitative estimate of drug-likeness (QED) is 0.251. The van der Waals surface area contributed by atoms with E-state index in [9.17, 15) is 9.59 Å². The van der Waals surface area contributed by atoms with Gasteiger partial charge in [-0.1, -0.05) is 30.3 Å². The van der Waals surface area contributed by atoms with Gasteiger partial charge < -0.3 is 23.8 Å². The molecule has 0 fully saturated rings. The van der Waals surface area contributed by atoms with Crippen LogP contribution in [0, 0.1) is 0 Å². The third-order valence-electron chi connectivity index (χ3n) is 6.54. The molecule has 0 aliphatic carbocycles. The van der Waals surface area contributed by atoms with E-state index in [0.29, 0.717) is 24.2 Å². The Bertz CT molecular complexity index is 1740. The number of hydrogen-bond donors (Lipinski definition) is 1. The van der Waals surface area contributed by atoms with Crippen LogP contribution in [0.1, 0.15) is 55.1 Å². The molecule has 44 heavy (non-hydrogen) atoms. The molecule has 0 spiro atoms. The molecule has 0 bridgehead atoms. The molecule has 5 aromatic rings. The fourth-order valence-electron chi connectivity index (χ4n) is 4.60. The van der Waals surface area contributed by atoms with E-state index in [2.05, 4.69) is 30.6 Å². The molecule has 13 heteroatoms. The summed E-state index contributed by atoms with van der Waals surface area (Å²) in [4.78, 5) is 36.8. The summed E-state index contributed by atoms with van der Waals surface area (Å²) in [5.41, 5.74) is 0.809. The van der Waals surface area contributed by atoms with Gasteiger partial charge in [0.15, 0.2) is 0 Å². The number of oxazole rings is 1. The molecule has 0 aliphatic rings. The Morgan fingerprint density at radius 2 is 1.75 bits per heavy atom. The van der Waals surface area contributed by atoms with Gasteiger partial charge in [-0.15, -0.1) is 10.2 Å².